The van der Waals surface area contributed by atoms with Gasteiger partial charge >= 0.3 is 231 Å². The summed E-state index contributed by atoms with van der Waals surface area (Å²) >= 11 is -2.67. The Hall–Kier alpha value is -2.31. The molecular formula is C36H34Cl2Zr. The molecule has 39 heavy (non-hydrogen) atoms. The van der Waals surface area contributed by atoms with Crippen LogP contribution in [0.3, 0.4) is 0 Å². The topological polar surface area (TPSA) is 0 Å². The van der Waals surface area contributed by atoms with Crippen molar-refractivity contribution >= 4 is 3.21 Å². The summed E-state index contributed by atoms with van der Waals surface area (Å²) in [5, 5.41) is 0. The molecule has 0 spiro atoms. The molecule has 0 aromatic heterocycles. The second kappa shape index (κ2) is 12.1. The standard InChI is InChI=1S/C15H14.C13H9.C8H11.2ClH.Zr/c1-12-3-7-14(8-4-12)11-15-9-5-13(2)6-10-15;1-3-7-12-10(5-1)9-11-6-2-4-8-13(11)12;1-6-4-7(2)8(3)5-6;;;/h3-10H,1-2H3;1-9H;4,6H,1-3H3;2*1H;/q;;;;;+2/p-2. The van der Waals surface area contributed by atoms with Gasteiger partial charge in [-0.3, -0.25) is 0 Å². The van der Waals surface area contributed by atoms with E-state index in [2.05, 4.69) is 138 Å². The zero-order valence-corrected chi connectivity index (χ0v) is 27.2. The minimum absolute atomic E-state index is 0. The van der Waals surface area contributed by atoms with E-state index >= 15 is 0 Å². The zero-order chi connectivity index (χ0) is 25.7. The summed E-state index contributed by atoms with van der Waals surface area (Å²) in [6.07, 6.45) is 2.51. The van der Waals surface area contributed by atoms with Crippen molar-refractivity contribution in [2.24, 2.45) is 5.92 Å². The monoisotopic (exact) mass is 626 g/mol. The molecule has 0 heterocycles. The normalized spacial score (nSPS) is 15.4. The fraction of sp³-hybridized carbons (Fsp3) is 0.194. The van der Waals surface area contributed by atoms with E-state index in [1.807, 2.05) is 0 Å². The third-order valence-electron chi connectivity index (χ3n) is 8.31. The van der Waals surface area contributed by atoms with Crippen molar-refractivity contribution in [1.29, 1.82) is 0 Å². The molecule has 4 aromatic carbocycles. The Kier molecular flexibility index (Phi) is 9.17. The predicted octanol–water partition coefficient (Wildman–Crippen LogP) is 3.14. The molecule has 0 amide bonds. The van der Waals surface area contributed by atoms with Crippen LogP contribution in [-0.2, 0) is 21.3 Å². The molecule has 6 rings (SSSR count). The van der Waals surface area contributed by atoms with Crippen molar-refractivity contribution < 1.29 is 46.1 Å². The van der Waals surface area contributed by atoms with Crippen molar-refractivity contribution in [3.8, 4) is 11.1 Å². The number of benzene rings is 4. The first-order chi connectivity index (χ1) is 17.9. The molecule has 2 aliphatic rings. The average molecular weight is 629 g/mol. The number of hydrogen-bond donors (Lipinski definition) is 0. The number of fused-ring (bicyclic) bond motifs is 3. The third kappa shape index (κ3) is 5.27. The molecule has 0 saturated carbocycles. The number of hydrogen-bond acceptors (Lipinski definition) is 0. The molecule has 1 atom stereocenters. The molecule has 4 aromatic rings. The van der Waals surface area contributed by atoms with Crippen LogP contribution in [0.4, 0.5) is 0 Å². The second-order valence-corrected chi connectivity index (χ2v) is 16.8. The summed E-state index contributed by atoms with van der Waals surface area (Å²) in [6.45, 7) is 11.5. The van der Waals surface area contributed by atoms with Gasteiger partial charge in [0.15, 0.2) is 0 Å². The van der Waals surface area contributed by atoms with Gasteiger partial charge in [-0.1, -0.05) is 0 Å². The van der Waals surface area contributed by atoms with Crippen molar-refractivity contribution in [2.75, 3.05) is 0 Å². The van der Waals surface area contributed by atoms with Crippen LogP contribution >= 0.6 is 0 Å². The summed E-state index contributed by atoms with van der Waals surface area (Å²) in [7, 11) is 0. The van der Waals surface area contributed by atoms with Gasteiger partial charge in [-0.05, 0) is 0 Å². The number of aryl methyl sites for hydroxylation is 2. The van der Waals surface area contributed by atoms with Crippen LogP contribution in [0, 0.1) is 19.8 Å². The summed E-state index contributed by atoms with van der Waals surface area (Å²) < 4.78 is 3.84. The van der Waals surface area contributed by atoms with Crippen LogP contribution in [0.15, 0.2) is 118 Å². The summed E-state index contributed by atoms with van der Waals surface area (Å²) in [5.74, 6) is 0.486. The zero-order valence-electron chi connectivity index (χ0n) is 23.2. The maximum Gasteiger partial charge on any atom is -1.00 e. The molecule has 0 N–H and O–H groups in total. The van der Waals surface area contributed by atoms with Crippen LogP contribution in [0.25, 0.3) is 11.1 Å². The van der Waals surface area contributed by atoms with E-state index in [0.717, 1.165) is 0 Å². The maximum atomic E-state index is 2.51. The minimum Gasteiger partial charge on any atom is -1.00 e. The largest absolute Gasteiger partial charge is 1.00 e. The Bertz CT molecular complexity index is 1510. The fourth-order valence-electron chi connectivity index (χ4n) is 6.40. The third-order valence-corrected chi connectivity index (χ3v) is 17.5. The first kappa shape index (κ1) is 29.7. The van der Waals surface area contributed by atoms with Gasteiger partial charge in [-0.15, -0.1) is 0 Å². The SMILES string of the molecule is CC1=CC(C)[C]([Zr+2](=[C](c2ccc(C)cc2)c2ccc(C)cc2)[CH]2c3ccccc3-c3ccccc32)=C1C.[Cl-].[Cl-]. The quantitative estimate of drug-likeness (QED) is 0.326. The maximum absolute atomic E-state index is 2.67. The molecule has 0 radical (unpaired) electrons. The van der Waals surface area contributed by atoms with Gasteiger partial charge < -0.3 is 24.8 Å². The smallest absolute Gasteiger partial charge is 1.00 e. The van der Waals surface area contributed by atoms with Gasteiger partial charge in [0.2, 0.25) is 0 Å². The van der Waals surface area contributed by atoms with Crippen molar-refractivity contribution in [2.45, 2.75) is 38.2 Å². The van der Waals surface area contributed by atoms with E-state index in [-0.39, 0.29) is 24.8 Å². The average Bonchev–Trinajstić information content (AvgIpc) is 3.37. The molecule has 196 valence electrons. The van der Waals surface area contributed by atoms with E-state index in [4.69, 9.17) is 0 Å². The van der Waals surface area contributed by atoms with E-state index in [0.29, 0.717) is 9.54 Å². The molecular weight excluding hydrogens is 595 g/mol. The molecule has 3 heteroatoms. The molecule has 0 fully saturated rings. The Balaban J connectivity index is 0.00000176. The molecule has 0 nitrogen and oxygen atoms in total. The first-order valence-corrected chi connectivity index (χ1v) is 17.3. The Morgan fingerprint density at radius 2 is 1.03 bits per heavy atom. The minimum atomic E-state index is -2.67. The second-order valence-electron chi connectivity index (χ2n) is 10.8. The summed E-state index contributed by atoms with van der Waals surface area (Å²) in [4.78, 5) is 0. The van der Waals surface area contributed by atoms with Crippen LogP contribution in [-0.4, -0.2) is 3.21 Å². The van der Waals surface area contributed by atoms with Gasteiger partial charge in [0.25, 0.3) is 0 Å². The predicted molar refractivity (Wildman–Crippen MR) is 155 cm³/mol. The van der Waals surface area contributed by atoms with Gasteiger partial charge in [0.1, 0.15) is 0 Å². The van der Waals surface area contributed by atoms with E-state index in [1.54, 1.807) is 12.1 Å². The van der Waals surface area contributed by atoms with Gasteiger partial charge in [0, 0.05) is 0 Å². The molecule has 0 bridgehead atoms. The number of allylic oxidation sites excluding steroid dienone is 4. The van der Waals surface area contributed by atoms with Crippen LogP contribution in [0.1, 0.15) is 57.8 Å². The summed E-state index contributed by atoms with van der Waals surface area (Å²) in [5.41, 5.74) is 14.4. The molecule has 0 saturated heterocycles. The Labute approximate surface area is 253 Å². The Morgan fingerprint density at radius 3 is 1.44 bits per heavy atom. The van der Waals surface area contributed by atoms with E-state index < -0.39 is 21.3 Å². The van der Waals surface area contributed by atoms with Crippen LogP contribution in [0.2, 0.25) is 0 Å². The first-order valence-electron chi connectivity index (χ1n) is 13.4. The van der Waals surface area contributed by atoms with Crippen LogP contribution < -0.4 is 24.8 Å². The number of rotatable bonds is 4. The molecule has 2 aliphatic carbocycles. The van der Waals surface area contributed by atoms with Gasteiger partial charge in [0.05, 0.1) is 0 Å². The van der Waals surface area contributed by atoms with E-state index in [1.165, 1.54) is 50.1 Å². The fourth-order valence-corrected chi connectivity index (χ4v) is 16.5. The Morgan fingerprint density at radius 1 is 0.590 bits per heavy atom. The molecule has 1 unspecified atom stereocenters. The van der Waals surface area contributed by atoms with E-state index in [9.17, 15) is 0 Å². The summed E-state index contributed by atoms with van der Waals surface area (Å²) in [6, 6.07) is 37.1. The van der Waals surface area contributed by atoms with Crippen molar-refractivity contribution in [3.63, 3.8) is 0 Å². The van der Waals surface area contributed by atoms with Crippen molar-refractivity contribution in [3.05, 3.63) is 151 Å². The van der Waals surface area contributed by atoms with Crippen molar-refractivity contribution in [1.82, 2.24) is 0 Å². The molecule has 0 aliphatic heterocycles. The van der Waals surface area contributed by atoms with Crippen LogP contribution in [0.5, 0.6) is 0 Å². The number of halogens is 2. The van der Waals surface area contributed by atoms with Gasteiger partial charge in [-0.2, -0.15) is 0 Å². The van der Waals surface area contributed by atoms with Gasteiger partial charge in [-0.25, -0.2) is 0 Å².